The van der Waals surface area contributed by atoms with Crippen molar-refractivity contribution in [3.63, 3.8) is 0 Å². The van der Waals surface area contributed by atoms with Crippen molar-refractivity contribution in [2.45, 2.75) is 16.8 Å². The highest BCUT2D eigenvalue weighted by Crippen LogP contribution is 2.31. The van der Waals surface area contributed by atoms with E-state index in [4.69, 9.17) is 9.47 Å². The molecule has 1 amide bonds. The zero-order valence-electron chi connectivity index (χ0n) is 15.3. The number of para-hydroxylation sites is 2. The monoisotopic (exact) mass is 391 g/mol. The Bertz CT molecular complexity index is 945. The summed E-state index contributed by atoms with van der Waals surface area (Å²) in [4.78, 5) is 13.7. The number of hydrogen-bond acceptors (Lipinski definition) is 4. The van der Waals surface area contributed by atoms with E-state index in [1.807, 2.05) is 66.7 Å². The molecule has 4 nitrogen and oxygen atoms in total. The Morgan fingerprint density at radius 3 is 2.50 bits per heavy atom. The number of carbonyl (C=O) groups is 1. The van der Waals surface area contributed by atoms with Crippen LogP contribution in [0, 0.1) is 0 Å². The van der Waals surface area contributed by atoms with Crippen molar-refractivity contribution in [1.82, 2.24) is 5.32 Å². The average Bonchev–Trinajstić information content (AvgIpc) is 2.77. The lowest BCUT2D eigenvalue weighted by Gasteiger charge is -2.26. The van der Waals surface area contributed by atoms with Gasteiger partial charge in [-0.05, 0) is 29.8 Å². The van der Waals surface area contributed by atoms with Crippen LogP contribution in [0.1, 0.15) is 15.9 Å². The highest BCUT2D eigenvalue weighted by molar-refractivity contribution is 7.98. The lowest BCUT2D eigenvalue weighted by atomic mass is 10.2. The fourth-order valence-electron chi connectivity index (χ4n) is 2.98. The first-order chi connectivity index (χ1) is 13.8. The van der Waals surface area contributed by atoms with Crippen molar-refractivity contribution >= 4 is 17.7 Å². The van der Waals surface area contributed by atoms with Gasteiger partial charge in [0.05, 0.1) is 12.1 Å². The molecule has 0 radical (unpaired) electrons. The predicted molar refractivity (Wildman–Crippen MR) is 111 cm³/mol. The van der Waals surface area contributed by atoms with Gasteiger partial charge in [-0.2, -0.15) is 0 Å². The number of nitrogens with one attached hydrogen (secondary N) is 1. The number of rotatable bonds is 6. The van der Waals surface area contributed by atoms with Crippen LogP contribution in [0.2, 0.25) is 0 Å². The Balaban J connectivity index is 1.36. The summed E-state index contributed by atoms with van der Waals surface area (Å²) in [6.07, 6.45) is -0.206. The van der Waals surface area contributed by atoms with Crippen LogP contribution in [0.15, 0.2) is 83.8 Å². The second-order valence-electron chi connectivity index (χ2n) is 6.48. The lowest BCUT2D eigenvalue weighted by Crippen LogP contribution is -2.40. The molecule has 5 heteroatoms. The molecule has 4 rings (SSSR count). The van der Waals surface area contributed by atoms with Crippen LogP contribution in [-0.2, 0) is 5.75 Å². The van der Waals surface area contributed by atoms with E-state index >= 15 is 0 Å². The molecule has 1 aliphatic rings. The second kappa shape index (κ2) is 8.85. The van der Waals surface area contributed by atoms with Gasteiger partial charge in [0.2, 0.25) is 0 Å². The Labute approximate surface area is 168 Å². The zero-order chi connectivity index (χ0) is 19.2. The molecule has 0 saturated carbocycles. The number of thioether (sulfide) groups is 1. The summed E-state index contributed by atoms with van der Waals surface area (Å²) < 4.78 is 11.6. The van der Waals surface area contributed by atoms with E-state index in [1.165, 1.54) is 5.56 Å². The number of carbonyl (C=O) groups excluding carboxylic acids is 1. The van der Waals surface area contributed by atoms with Gasteiger partial charge < -0.3 is 14.8 Å². The fourth-order valence-corrected chi connectivity index (χ4v) is 3.99. The first kappa shape index (κ1) is 18.4. The molecular formula is C23H21NO3S. The van der Waals surface area contributed by atoms with Crippen molar-refractivity contribution in [3.05, 3.63) is 90.0 Å². The van der Waals surface area contributed by atoms with Crippen LogP contribution in [0.25, 0.3) is 0 Å². The number of hydrogen-bond donors (Lipinski definition) is 1. The van der Waals surface area contributed by atoms with Crippen LogP contribution < -0.4 is 14.8 Å². The molecule has 3 aromatic rings. The molecule has 1 N–H and O–H groups in total. The Morgan fingerprint density at radius 1 is 0.929 bits per heavy atom. The van der Waals surface area contributed by atoms with E-state index in [0.717, 1.165) is 16.4 Å². The maximum atomic E-state index is 12.7. The smallest absolute Gasteiger partial charge is 0.252 e. The molecule has 0 unspecified atom stereocenters. The van der Waals surface area contributed by atoms with E-state index < -0.39 is 0 Å². The van der Waals surface area contributed by atoms with Gasteiger partial charge in [-0.25, -0.2) is 0 Å². The van der Waals surface area contributed by atoms with Crippen molar-refractivity contribution < 1.29 is 14.3 Å². The largest absolute Gasteiger partial charge is 0.486 e. The van der Waals surface area contributed by atoms with Crippen LogP contribution in [0.4, 0.5) is 0 Å². The van der Waals surface area contributed by atoms with Crippen molar-refractivity contribution in [1.29, 1.82) is 0 Å². The third kappa shape index (κ3) is 4.49. The van der Waals surface area contributed by atoms with Gasteiger partial charge >= 0.3 is 0 Å². The molecule has 0 bridgehead atoms. The van der Waals surface area contributed by atoms with E-state index in [1.54, 1.807) is 11.8 Å². The molecule has 0 aliphatic carbocycles. The van der Waals surface area contributed by atoms with Crippen LogP contribution >= 0.6 is 11.8 Å². The molecule has 0 spiro atoms. The second-order valence-corrected chi connectivity index (χ2v) is 7.50. The van der Waals surface area contributed by atoms with Crippen molar-refractivity contribution in [3.8, 4) is 11.5 Å². The number of benzene rings is 3. The van der Waals surface area contributed by atoms with E-state index in [2.05, 4.69) is 17.4 Å². The molecular weight excluding hydrogens is 370 g/mol. The van der Waals surface area contributed by atoms with E-state index in [9.17, 15) is 4.79 Å². The summed E-state index contributed by atoms with van der Waals surface area (Å²) in [6, 6.07) is 25.5. The molecule has 1 heterocycles. The minimum atomic E-state index is -0.206. The first-order valence-corrected chi connectivity index (χ1v) is 10.2. The number of amides is 1. The minimum Gasteiger partial charge on any atom is -0.486 e. The van der Waals surface area contributed by atoms with Crippen LogP contribution in [0.3, 0.4) is 0 Å². The van der Waals surface area contributed by atoms with Gasteiger partial charge in [-0.1, -0.05) is 54.6 Å². The van der Waals surface area contributed by atoms with Crippen LogP contribution in [-0.4, -0.2) is 25.2 Å². The van der Waals surface area contributed by atoms with E-state index in [0.29, 0.717) is 24.5 Å². The third-order valence-electron chi connectivity index (χ3n) is 4.43. The standard InChI is InChI=1S/C23H21NO3S/c25-23(24-14-18-15-26-20-11-5-6-12-21(20)27-18)19-10-4-7-13-22(19)28-16-17-8-2-1-3-9-17/h1-13,18H,14-16H2,(H,24,25)/t18-/m0/s1. The van der Waals surface area contributed by atoms with Gasteiger partial charge in [0, 0.05) is 10.6 Å². The Morgan fingerprint density at radius 2 is 1.64 bits per heavy atom. The molecule has 3 aromatic carbocycles. The van der Waals surface area contributed by atoms with Crippen molar-refractivity contribution in [2.75, 3.05) is 13.2 Å². The number of ether oxygens (including phenoxy) is 2. The summed E-state index contributed by atoms with van der Waals surface area (Å²) in [5.74, 6) is 2.18. The summed E-state index contributed by atoms with van der Waals surface area (Å²) in [7, 11) is 0. The molecule has 0 saturated heterocycles. The van der Waals surface area contributed by atoms with Crippen molar-refractivity contribution in [2.24, 2.45) is 0 Å². The predicted octanol–water partition coefficient (Wildman–Crippen LogP) is 4.55. The molecule has 142 valence electrons. The summed E-state index contributed by atoms with van der Waals surface area (Å²) in [6.45, 7) is 0.812. The average molecular weight is 391 g/mol. The quantitative estimate of drug-likeness (QED) is 0.627. The maximum absolute atomic E-state index is 12.7. The highest BCUT2D eigenvalue weighted by Gasteiger charge is 2.21. The maximum Gasteiger partial charge on any atom is 0.252 e. The fraction of sp³-hybridized carbons (Fsp3) is 0.174. The topological polar surface area (TPSA) is 47.6 Å². The summed E-state index contributed by atoms with van der Waals surface area (Å²) in [5.41, 5.74) is 1.91. The van der Waals surface area contributed by atoms with Gasteiger partial charge in [0.25, 0.3) is 5.91 Å². The lowest BCUT2D eigenvalue weighted by molar-refractivity contribution is 0.0787. The zero-order valence-corrected chi connectivity index (χ0v) is 16.2. The van der Waals surface area contributed by atoms with Gasteiger partial charge in [0.1, 0.15) is 12.7 Å². The first-order valence-electron chi connectivity index (χ1n) is 9.22. The Kier molecular flexibility index (Phi) is 5.83. The normalized spacial score (nSPS) is 15.1. The summed E-state index contributed by atoms with van der Waals surface area (Å²) in [5, 5.41) is 2.98. The van der Waals surface area contributed by atoms with E-state index in [-0.39, 0.29) is 12.0 Å². The molecule has 1 aliphatic heterocycles. The molecule has 0 aromatic heterocycles. The molecule has 0 fully saturated rings. The highest BCUT2D eigenvalue weighted by atomic mass is 32.2. The van der Waals surface area contributed by atoms with Gasteiger partial charge in [0.15, 0.2) is 11.5 Å². The molecule has 1 atom stereocenters. The third-order valence-corrected chi connectivity index (χ3v) is 5.57. The molecule has 28 heavy (non-hydrogen) atoms. The van der Waals surface area contributed by atoms with Gasteiger partial charge in [-0.3, -0.25) is 4.79 Å². The SMILES string of the molecule is O=C(NC[C@H]1COc2ccccc2O1)c1ccccc1SCc1ccccc1. The summed E-state index contributed by atoms with van der Waals surface area (Å²) >= 11 is 1.66. The van der Waals surface area contributed by atoms with Crippen LogP contribution in [0.5, 0.6) is 11.5 Å². The van der Waals surface area contributed by atoms with Gasteiger partial charge in [-0.15, -0.1) is 11.8 Å². The Hall–Kier alpha value is -2.92. The number of fused-ring (bicyclic) bond motifs is 1. The minimum absolute atomic E-state index is 0.0985.